The number of hydrogen-bond acceptors (Lipinski definition) is 5. The first-order valence-corrected chi connectivity index (χ1v) is 7.37. The number of rotatable bonds is 5. The summed E-state index contributed by atoms with van der Waals surface area (Å²) in [5.41, 5.74) is 7.20. The van der Waals surface area contributed by atoms with E-state index >= 15 is 0 Å². The van der Waals surface area contributed by atoms with Crippen LogP contribution in [0.3, 0.4) is 0 Å². The summed E-state index contributed by atoms with van der Waals surface area (Å²) in [6.45, 7) is 2.53. The molecular formula is C14H21BrN4O. The van der Waals surface area contributed by atoms with E-state index in [0.717, 1.165) is 23.3 Å². The zero-order valence-electron chi connectivity index (χ0n) is 12.1. The van der Waals surface area contributed by atoms with Crippen LogP contribution >= 0.6 is 15.9 Å². The summed E-state index contributed by atoms with van der Waals surface area (Å²) in [5, 5.41) is 0. The van der Waals surface area contributed by atoms with Crippen molar-refractivity contribution >= 4 is 21.9 Å². The van der Waals surface area contributed by atoms with Crippen LogP contribution < -0.4 is 10.5 Å². The molecule has 0 bridgehead atoms. The van der Waals surface area contributed by atoms with Crippen LogP contribution in [0.1, 0.15) is 11.6 Å². The van der Waals surface area contributed by atoms with Crippen molar-refractivity contribution in [2.24, 2.45) is 10.7 Å². The monoisotopic (exact) mass is 340 g/mol. The second kappa shape index (κ2) is 6.45. The minimum atomic E-state index is 0.206. The molecule has 0 saturated carbocycles. The Morgan fingerprint density at radius 3 is 2.85 bits per heavy atom. The van der Waals surface area contributed by atoms with E-state index in [4.69, 9.17) is 10.5 Å². The van der Waals surface area contributed by atoms with E-state index in [1.165, 1.54) is 5.56 Å². The number of nitrogens with two attached hydrogens (primary N) is 1. The summed E-state index contributed by atoms with van der Waals surface area (Å²) < 4.78 is 6.22. The molecule has 6 heteroatoms. The van der Waals surface area contributed by atoms with E-state index in [0.29, 0.717) is 12.5 Å². The van der Waals surface area contributed by atoms with Crippen LogP contribution in [0.25, 0.3) is 0 Å². The van der Waals surface area contributed by atoms with Crippen LogP contribution in [0, 0.1) is 0 Å². The maximum absolute atomic E-state index is 6.01. The fraction of sp³-hybridized carbons (Fsp3) is 0.500. The molecule has 1 aromatic rings. The van der Waals surface area contributed by atoms with Gasteiger partial charge in [-0.15, -0.1) is 0 Å². The molecule has 0 aromatic heterocycles. The Morgan fingerprint density at radius 2 is 2.25 bits per heavy atom. The van der Waals surface area contributed by atoms with Gasteiger partial charge in [0.15, 0.2) is 5.96 Å². The molecule has 0 amide bonds. The van der Waals surface area contributed by atoms with Gasteiger partial charge in [-0.2, -0.15) is 0 Å². The summed E-state index contributed by atoms with van der Waals surface area (Å²) in [4.78, 5) is 8.69. The molecule has 1 heterocycles. The third-order valence-corrected chi connectivity index (χ3v) is 4.07. The molecule has 5 nitrogen and oxygen atoms in total. The third kappa shape index (κ3) is 3.24. The van der Waals surface area contributed by atoms with Gasteiger partial charge in [0, 0.05) is 13.1 Å². The van der Waals surface area contributed by atoms with E-state index in [1.807, 2.05) is 6.07 Å². The highest BCUT2D eigenvalue weighted by atomic mass is 79.9. The lowest BCUT2D eigenvalue weighted by Gasteiger charge is -2.28. The molecule has 0 spiro atoms. The maximum Gasteiger partial charge on any atom is 0.191 e. The highest BCUT2D eigenvalue weighted by molar-refractivity contribution is 9.10. The zero-order chi connectivity index (χ0) is 14.7. The average molecular weight is 341 g/mol. The van der Waals surface area contributed by atoms with Gasteiger partial charge in [-0.3, -0.25) is 4.99 Å². The summed E-state index contributed by atoms with van der Waals surface area (Å²) >= 11 is 3.53. The number of aliphatic imine (C=N–C) groups is 1. The van der Waals surface area contributed by atoms with Gasteiger partial charge in [-0.25, -0.2) is 0 Å². The zero-order valence-corrected chi connectivity index (χ0v) is 13.7. The molecule has 0 aliphatic carbocycles. The lowest BCUT2D eigenvalue weighted by molar-refractivity contribution is 0.293. The molecule has 2 N–H and O–H groups in total. The van der Waals surface area contributed by atoms with Gasteiger partial charge in [0.05, 0.1) is 24.2 Å². The molecule has 1 aliphatic heterocycles. The number of ether oxygens (including phenoxy) is 1. The summed E-state index contributed by atoms with van der Waals surface area (Å²) in [5.74, 6) is 1.46. The van der Waals surface area contributed by atoms with Gasteiger partial charge in [0.2, 0.25) is 0 Å². The summed E-state index contributed by atoms with van der Waals surface area (Å²) in [6.07, 6.45) is 0. The Hall–Kier alpha value is -1.27. The lowest BCUT2D eigenvalue weighted by Crippen LogP contribution is -2.40. The van der Waals surface area contributed by atoms with Crippen LogP contribution in [0.2, 0.25) is 0 Å². The van der Waals surface area contributed by atoms with Crippen molar-refractivity contribution in [2.75, 3.05) is 40.8 Å². The number of methoxy groups -OCH3 is 1. The van der Waals surface area contributed by atoms with Crippen LogP contribution in [-0.2, 0) is 0 Å². The van der Waals surface area contributed by atoms with Gasteiger partial charge in [0.25, 0.3) is 0 Å². The normalized spacial score (nSPS) is 18.6. The van der Waals surface area contributed by atoms with Gasteiger partial charge in [-0.05, 0) is 47.7 Å². The predicted octanol–water partition coefficient (Wildman–Crippen LogP) is 1.69. The van der Waals surface area contributed by atoms with Crippen molar-refractivity contribution in [3.8, 4) is 5.75 Å². The average Bonchev–Trinajstić information content (AvgIpc) is 2.77. The molecule has 20 heavy (non-hydrogen) atoms. The van der Waals surface area contributed by atoms with Crippen LogP contribution in [0.5, 0.6) is 5.75 Å². The molecular weight excluding hydrogens is 320 g/mol. The molecule has 0 saturated heterocycles. The second-order valence-corrected chi connectivity index (χ2v) is 5.96. The number of halogens is 1. The Balaban J connectivity index is 2.16. The van der Waals surface area contributed by atoms with Crippen molar-refractivity contribution in [3.63, 3.8) is 0 Å². The number of benzene rings is 1. The highest BCUT2D eigenvalue weighted by Gasteiger charge is 2.27. The van der Waals surface area contributed by atoms with Gasteiger partial charge in [-0.1, -0.05) is 6.07 Å². The standard InChI is InChI=1S/C14H21BrN4O/c1-18(2)6-7-19-12(9-17-14(19)16)10-4-5-13(20-3)11(15)8-10/h4-5,8,12H,6-7,9H2,1-3H3,(H2,16,17). The first kappa shape index (κ1) is 15.1. The van der Waals surface area contributed by atoms with E-state index < -0.39 is 0 Å². The van der Waals surface area contributed by atoms with Gasteiger partial charge < -0.3 is 20.3 Å². The van der Waals surface area contributed by atoms with E-state index in [9.17, 15) is 0 Å². The van der Waals surface area contributed by atoms with Crippen LogP contribution in [-0.4, -0.2) is 56.6 Å². The summed E-state index contributed by atoms with van der Waals surface area (Å²) in [7, 11) is 5.78. The minimum Gasteiger partial charge on any atom is -0.496 e. The third-order valence-electron chi connectivity index (χ3n) is 3.45. The number of hydrogen-bond donors (Lipinski definition) is 1. The molecule has 0 fully saturated rings. The molecule has 1 atom stereocenters. The topological polar surface area (TPSA) is 54.1 Å². The van der Waals surface area contributed by atoms with Crippen molar-refractivity contribution in [1.29, 1.82) is 0 Å². The number of likely N-dealkylation sites (N-methyl/N-ethyl adjacent to an activating group) is 1. The molecule has 2 rings (SSSR count). The first-order valence-electron chi connectivity index (χ1n) is 6.57. The fourth-order valence-electron chi connectivity index (χ4n) is 2.28. The molecule has 1 aliphatic rings. The maximum atomic E-state index is 6.01. The van der Waals surface area contributed by atoms with E-state index in [-0.39, 0.29) is 6.04 Å². The Kier molecular flexibility index (Phi) is 4.88. The number of guanidine groups is 1. The quantitative estimate of drug-likeness (QED) is 0.886. The molecule has 1 unspecified atom stereocenters. The predicted molar refractivity (Wildman–Crippen MR) is 85.2 cm³/mol. The molecule has 0 radical (unpaired) electrons. The van der Waals surface area contributed by atoms with Crippen LogP contribution in [0.4, 0.5) is 0 Å². The lowest BCUT2D eigenvalue weighted by atomic mass is 10.1. The fourth-order valence-corrected chi connectivity index (χ4v) is 2.84. The van der Waals surface area contributed by atoms with Crippen molar-refractivity contribution in [2.45, 2.75) is 6.04 Å². The van der Waals surface area contributed by atoms with Crippen molar-refractivity contribution in [1.82, 2.24) is 9.80 Å². The SMILES string of the molecule is COc1ccc(C2CN=C(N)N2CCN(C)C)cc1Br. The van der Waals surface area contributed by atoms with Crippen molar-refractivity contribution < 1.29 is 4.74 Å². The largest absolute Gasteiger partial charge is 0.496 e. The smallest absolute Gasteiger partial charge is 0.191 e. The molecule has 1 aromatic carbocycles. The highest BCUT2D eigenvalue weighted by Crippen LogP contribution is 2.32. The number of nitrogens with zero attached hydrogens (tertiary/aromatic N) is 3. The Labute approximate surface area is 128 Å². The van der Waals surface area contributed by atoms with Crippen LogP contribution in [0.15, 0.2) is 27.7 Å². The van der Waals surface area contributed by atoms with Gasteiger partial charge in [0.1, 0.15) is 5.75 Å². The second-order valence-electron chi connectivity index (χ2n) is 5.11. The Morgan fingerprint density at radius 1 is 1.50 bits per heavy atom. The van der Waals surface area contributed by atoms with E-state index in [1.54, 1.807) is 7.11 Å². The van der Waals surface area contributed by atoms with Gasteiger partial charge >= 0.3 is 0 Å². The summed E-state index contributed by atoms with van der Waals surface area (Å²) in [6, 6.07) is 6.33. The van der Waals surface area contributed by atoms with E-state index in [2.05, 4.69) is 57.0 Å². The first-order chi connectivity index (χ1) is 9.52. The Bertz CT molecular complexity index is 504. The molecule has 110 valence electrons. The minimum absolute atomic E-state index is 0.206. The van der Waals surface area contributed by atoms with Crippen molar-refractivity contribution in [3.05, 3.63) is 28.2 Å².